The van der Waals surface area contributed by atoms with Gasteiger partial charge in [0.05, 0.1) is 12.6 Å². The molecule has 0 radical (unpaired) electrons. The molecule has 2 heterocycles. The number of carbonyl (C=O) groups is 2. The van der Waals surface area contributed by atoms with Crippen LogP contribution in [0.3, 0.4) is 0 Å². The molecule has 2 amide bonds. The molecule has 0 aromatic heterocycles. The average Bonchev–Trinajstić information content (AvgIpc) is 2.69. The van der Waals surface area contributed by atoms with Gasteiger partial charge in [-0.3, -0.25) is 14.5 Å². The van der Waals surface area contributed by atoms with Gasteiger partial charge in [-0.1, -0.05) is 30.3 Å². The first kappa shape index (κ1) is 25.7. The van der Waals surface area contributed by atoms with E-state index in [1.54, 1.807) is 0 Å². The van der Waals surface area contributed by atoms with E-state index in [2.05, 4.69) is 11.8 Å². The number of benzene rings is 1. The van der Waals surface area contributed by atoms with Crippen LogP contribution in [0.4, 0.5) is 0 Å². The summed E-state index contributed by atoms with van der Waals surface area (Å²) in [5.74, 6) is 0.234. The van der Waals surface area contributed by atoms with Gasteiger partial charge in [-0.2, -0.15) is 0 Å². The van der Waals surface area contributed by atoms with Crippen molar-refractivity contribution < 1.29 is 9.59 Å². The lowest BCUT2D eigenvalue weighted by Gasteiger charge is -2.38. The molecular weight excluding hydrogens is 411 g/mol. The molecule has 1 aromatic rings. The lowest BCUT2D eigenvalue weighted by Crippen LogP contribution is -2.55. The van der Waals surface area contributed by atoms with E-state index in [0.29, 0.717) is 32.1 Å². The molecule has 0 spiro atoms. The zero-order valence-electron chi connectivity index (χ0n) is 17.2. The molecule has 29 heavy (non-hydrogen) atoms. The minimum atomic E-state index is -0.505. The Morgan fingerprint density at radius 3 is 2.31 bits per heavy atom. The molecule has 3 rings (SSSR count). The summed E-state index contributed by atoms with van der Waals surface area (Å²) in [6, 6.07) is 9.73. The van der Waals surface area contributed by atoms with Gasteiger partial charge in [0.15, 0.2) is 0 Å². The summed E-state index contributed by atoms with van der Waals surface area (Å²) < 4.78 is 0. The summed E-state index contributed by atoms with van der Waals surface area (Å²) in [5.41, 5.74) is 7.22. The molecule has 164 valence electrons. The third kappa shape index (κ3) is 7.14. The summed E-state index contributed by atoms with van der Waals surface area (Å²) in [6.07, 6.45) is 3.99. The molecule has 2 unspecified atom stereocenters. The topological polar surface area (TPSA) is 69.9 Å². The fourth-order valence-electron chi connectivity index (χ4n) is 4.07. The van der Waals surface area contributed by atoms with E-state index in [1.807, 2.05) is 40.1 Å². The zero-order chi connectivity index (χ0) is 19.2. The standard InChI is InChI=1S/C21H32N4O2.2ClH/c1-17-7-5-6-10-25(17)20(26)16-23-11-13-24(14-12-23)21(27)19(22)15-18-8-3-2-4-9-18;;/h2-4,8-9,17,19H,5-7,10-16,22H2,1H3;2*1H. The minimum Gasteiger partial charge on any atom is -0.339 e. The number of nitrogens with zero attached hydrogens (tertiary/aromatic N) is 3. The Bertz CT molecular complexity index is 639. The first-order chi connectivity index (χ1) is 13.0. The molecule has 8 heteroatoms. The van der Waals surface area contributed by atoms with E-state index in [-0.39, 0.29) is 36.6 Å². The number of piperazine rings is 1. The van der Waals surface area contributed by atoms with Crippen LogP contribution >= 0.6 is 24.8 Å². The predicted molar refractivity (Wildman–Crippen MR) is 121 cm³/mol. The fraction of sp³-hybridized carbons (Fsp3) is 0.619. The number of piperidine rings is 1. The van der Waals surface area contributed by atoms with Crippen molar-refractivity contribution >= 4 is 36.6 Å². The van der Waals surface area contributed by atoms with E-state index < -0.39 is 6.04 Å². The highest BCUT2D eigenvalue weighted by Gasteiger charge is 2.28. The van der Waals surface area contributed by atoms with Crippen molar-refractivity contribution in [3.63, 3.8) is 0 Å². The fourth-order valence-corrected chi connectivity index (χ4v) is 4.07. The van der Waals surface area contributed by atoms with Gasteiger partial charge in [0.25, 0.3) is 0 Å². The Balaban J connectivity index is 0.00000210. The van der Waals surface area contributed by atoms with Crippen LogP contribution in [0.1, 0.15) is 31.7 Å². The summed E-state index contributed by atoms with van der Waals surface area (Å²) in [5, 5.41) is 0. The number of hydrogen-bond acceptors (Lipinski definition) is 4. The highest BCUT2D eigenvalue weighted by atomic mass is 35.5. The second-order valence-electron chi connectivity index (χ2n) is 7.83. The molecular formula is C21H34Cl2N4O2. The molecule has 2 aliphatic heterocycles. The third-order valence-corrected chi connectivity index (χ3v) is 5.78. The Morgan fingerprint density at radius 1 is 1.03 bits per heavy atom. The van der Waals surface area contributed by atoms with E-state index in [9.17, 15) is 9.59 Å². The second-order valence-corrected chi connectivity index (χ2v) is 7.83. The first-order valence-electron chi connectivity index (χ1n) is 10.1. The SMILES string of the molecule is CC1CCCCN1C(=O)CN1CCN(C(=O)C(N)Cc2ccccc2)CC1.Cl.Cl. The van der Waals surface area contributed by atoms with Crippen LogP contribution in [0.5, 0.6) is 0 Å². The van der Waals surface area contributed by atoms with Crippen molar-refractivity contribution in [2.24, 2.45) is 5.73 Å². The summed E-state index contributed by atoms with van der Waals surface area (Å²) in [6.45, 7) is 6.24. The van der Waals surface area contributed by atoms with E-state index >= 15 is 0 Å². The van der Waals surface area contributed by atoms with Gasteiger partial charge < -0.3 is 15.5 Å². The van der Waals surface area contributed by atoms with Crippen molar-refractivity contribution in [2.75, 3.05) is 39.3 Å². The Morgan fingerprint density at radius 2 is 1.69 bits per heavy atom. The van der Waals surface area contributed by atoms with Crippen molar-refractivity contribution in [1.82, 2.24) is 14.7 Å². The quantitative estimate of drug-likeness (QED) is 0.752. The van der Waals surface area contributed by atoms with Crippen molar-refractivity contribution in [3.05, 3.63) is 35.9 Å². The number of rotatable bonds is 5. The number of amides is 2. The van der Waals surface area contributed by atoms with Crippen LogP contribution < -0.4 is 5.73 Å². The molecule has 6 nitrogen and oxygen atoms in total. The minimum absolute atomic E-state index is 0. The van der Waals surface area contributed by atoms with Crippen molar-refractivity contribution in [2.45, 2.75) is 44.7 Å². The molecule has 2 N–H and O–H groups in total. The Labute approximate surface area is 186 Å². The average molecular weight is 445 g/mol. The normalized spacial score (nSPS) is 21.0. The highest BCUT2D eigenvalue weighted by molar-refractivity contribution is 5.85. The maximum absolute atomic E-state index is 12.6. The number of nitrogens with two attached hydrogens (primary N) is 1. The van der Waals surface area contributed by atoms with Crippen molar-refractivity contribution in [3.8, 4) is 0 Å². The van der Waals surface area contributed by atoms with E-state index in [0.717, 1.165) is 38.0 Å². The van der Waals surface area contributed by atoms with Gasteiger partial charge in [-0.15, -0.1) is 24.8 Å². The molecule has 1 aromatic carbocycles. The van der Waals surface area contributed by atoms with Crippen LogP contribution in [-0.4, -0.2) is 77.9 Å². The molecule has 0 bridgehead atoms. The molecule has 2 fully saturated rings. The smallest absolute Gasteiger partial charge is 0.239 e. The first-order valence-corrected chi connectivity index (χ1v) is 10.1. The van der Waals surface area contributed by atoms with Crippen LogP contribution in [0.15, 0.2) is 30.3 Å². The number of likely N-dealkylation sites (tertiary alicyclic amines) is 1. The maximum Gasteiger partial charge on any atom is 0.239 e. The zero-order valence-corrected chi connectivity index (χ0v) is 18.8. The van der Waals surface area contributed by atoms with E-state index in [1.165, 1.54) is 6.42 Å². The number of carbonyl (C=O) groups excluding carboxylic acids is 2. The highest BCUT2D eigenvalue weighted by Crippen LogP contribution is 2.17. The van der Waals surface area contributed by atoms with Crippen LogP contribution in [0, 0.1) is 0 Å². The molecule has 0 aliphatic carbocycles. The molecule has 2 saturated heterocycles. The van der Waals surface area contributed by atoms with Crippen molar-refractivity contribution in [1.29, 1.82) is 0 Å². The summed E-state index contributed by atoms with van der Waals surface area (Å²) in [7, 11) is 0. The number of hydrogen-bond donors (Lipinski definition) is 1. The second kappa shape index (κ2) is 12.4. The Kier molecular flexibility index (Phi) is 11.0. The number of halogens is 2. The van der Waals surface area contributed by atoms with Crippen LogP contribution in [-0.2, 0) is 16.0 Å². The summed E-state index contributed by atoms with van der Waals surface area (Å²) >= 11 is 0. The van der Waals surface area contributed by atoms with Gasteiger partial charge in [-0.05, 0) is 38.2 Å². The van der Waals surface area contributed by atoms with Crippen LogP contribution in [0.25, 0.3) is 0 Å². The largest absolute Gasteiger partial charge is 0.339 e. The van der Waals surface area contributed by atoms with Crippen LogP contribution in [0.2, 0.25) is 0 Å². The van der Waals surface area contributed by atoms with Gasteiger partial charge in [0.1, 0.15) is 0 Å². The van der Waals surface area contributed by atoms with Gasteiger partial charge in [0, 0.05) is 38.8 Å². The molecule has 2 atom stereocenters. The third-order valence-electron chi connectivity index (χ3n) is 5.78. The predicted octanol–water partition coefficient (Wildman–Crippen LogP) is 1.95. The van der Waals surface area contributed by atoms with E-state index in [4.69, 9.17) is 5.73 Å². The van der Waals surface area contributed by atoms with Gasteiger partial charge >= 0.3 is 0 Å². The monoisotopic (exact) mass is 444 g/mol. The maximum atomic E-state index is 12.6. The van der Waals surface area contributed by atoms with Gasteiger partial charge in [0.2, 0.25) is 11.8 Å². The van der Waals surface area contributed by atoms with Gasteiger partial charge in [-0.25, -0.2) is 0 Å². The Hall–Kier alpha value is -1.34. The lowest BCUT2D eigenvalue weighted by atomic mass is 10.0. The molecule has 2 aliphatic rings. The lowest BCUT2D eigenvalue weighted by molar-refractivity contribution is -0.137. The summed E-state index contributed by atoms with van der Waals surface area (Å²) in [4.78, 5) is 31.2. The molecule has 0 saturated carbocycles.